The van der Waals surface area contributed by atoms with E-state index in [4.69, 9.17) is 5.11 Å². The van der Waals surface area contributed by atoms with E-state index in [0.29, 0.717) is 5.92 Å². The number of carboxylic acids is 1. The van der Waals surface area contributed by atoms with E-state index in [2.05, 4.69) is 18.2 Å². The monoisotopic (exact) mass is 179 g/mol. The molecule has 1 unspecified atom stereocenters. The first-order valence-corrected chi connectivity index (χ1v) is 4.55. The van der Waals surface area contributed by atoms with Gasteiger partial charge in [0.15, 0.2) is 0 Å². The number of likely N-dealkylation sites (tertiary alicyclic amines) is 1. The SMILES string of the molecule is O=C(O)CN1CC2=CC=CCC2C1. The fraction of sp³-hybridized carbons (Fsp3) is 0.500. The van der Waals surface area contributed by atoms with Gasteiger partial charge in [-0.05, 0) is 12.3 Å². The van der Waals surface area contributed by atoms with Gasteiger partial charge >= 0.3 is 5.97 Å². The number of carboxylic acid groups (broad SMARTS) is 1. The number of rotatable bonds is 2. The molecule has 1 fully saturated rings. The van der Waals surface area contributed by atoms with Crippen molar-refractivity contribution in [3.63, 3.8) is 0 Å². The maximum Gasteiger partial charge on any atom is 0.317 e. The molecule has 0 bridgehead atoms. The normalized spacial score (nSPS) is 27.1. The van der Waals surface area contributed by atoms with Gasteiger partial charge in [-0.2, -0.15) is 0 Å². The Hall–Kier alpha value is -1.09. The standard InChI is InChI=1S/C10H13NO2/c12-10(13)7-11-5-8-3-1-2-4-9(8)6-11/h1-3,9H,4-7H2,(H,12,13). The van der Waals surface area contributed by atoms with E-state index in [1.54, 1.807) is 0 Å². The molecule has 1 saturated heterocycles. The third-order valence-corrected chi connectivity index (χ3v) is 2.63. The van der Waals surface area contributed by atoms with E-state index in [-0.39, 0.29) is 6.54 Å². The Kier molecular flexibility index (Phi) is 2.19. The molecular weight excluding hydrogens is 166 g/mol. The Morgan fingerprint density at radius 3 is 3.23 bits per heavy atom. The highest BCUT2D eigenvalue weighted by Crippen LogP contribution is 2.28. The van der Waals surface area contributed by atoms with Gasteiger partial charge in [0.25, 0.3) is 0 Å². The van der Waals surface area contributed by atoms with E-state index in [0.717, 1.165) is 19.5 Å². The van der Waals surface area contributed by atoms with Crippen molar-refractivity contribution in [2.75, 3.05) is 19.6 Å². The number of nitrogens with zero attached hydrogens (tertiary/aromatic N) is 1. The minimum absolute atomic E-state index is 0.174. The minimum atomic E-state index is -0.729. The van der Waals surface area contributed by atoms with Crippen molar-refractivity contribution in [2.24, 2.45) is 5.92 Å². The lowest BCUT2D eigenvalue weighted by molar-refractivity contribution is -0.138. The topological polar surface area (TPSA) is 40.5 Å². The quantitative estimate of drug-likeness (QED) is 0.684. The highest BCUT2D eigenvalue weighted by atomic mass is 16.4. The molecule has 1 N–H and O–H groups in total. The molecule has 1 aliphatic heterocycles. The number of allylic oxidation sites excluding steroid dienone is 3. The fourth-order valence-corrected chi connectivity index (χ4v) is 2.04. The van der Waals surface area contributed by atoms with Crippen molar-refractivity contribution in [1.29, 1.82) is 0 Å². The van der Waals surface area contributed by atoms with Gasteiger partial charge in [0.1, 0.15) is 0 Å². The molecule has 0 amide bonds. The predicted octanol–water partition coefficient (Wildman–Crippen LogP) is 0.889. The molecule has 0 radical (unpaired) electrons. The van der Waals surface area contributed by atoms with Gasteiger partial charge < -0.3 is 5.11 Å². The third kappa shape index (κ3) is 1.80. The summed E-state index contributed by atoms with van der Waals surface area (Å²) in [6, 6.07) is 0. The highest BCUT2D eigenvalue weighted by Gasteiger charge is 2.28. The molecule has 0 aromatic rings. The molecule has 0 aromatic heterocycles. The summed E-state index contributed by atoms with van der Waals surface area (Å²) in [7, 11) is 0. The number of fused-ring (bicyclic) bond motifs is 1. The second-order valence-electron chi connectivity index (χ2n) is 3.67. The summed E-state index contributed by atoms with van der Waals surface area (Å²) in [6.07, 6.45) is 7.41. The van der Waals surface area contributed by atoms with Crippen molar-refractivity contribution in [3.8, 4) is 0 Å². The molecule has 0 saturated carbocycles. The highest BCUT2D eigenvalue weighted by molar-refractivity contribution is 5.69. The van der Waals surface area contributed by atoms with Crippen LogP contribution < -0.4 is 0 Å². The van der Waals surface area contributed by atoms with Crippen LogP contribution in [-0.4, -0.2) is 35.6 Å². The first-order chi connectivity index (χ1) is 6.25. The molecule has 70 valence electrons. The summed E-state index contributed by atoms with van der Waals surface area (Å²) < 4.78 is 0. The zero-order chi connectivity index (χ0) is 9.26. The lowest BCUT2D eigenvalue weighted by Gasteiger charge is -2.11. The summed E-state index contributed by atoms with van der Waals surface area (Å²) in [5.41, 5.74) is 1.39. The van der Waals surface area contributed by atoms with Crippen LogP contribution in [0.3, 0.4) is 0 Å². The third-order valence-electron chi connectivity index (χ3n) is 2.63. The average Bonchev–Trinajstić information content (AvgIpc) is 2.44. The molecule has 1 atom stereocenters. The lowest BCUT2D eigenvalue weighted by Crippen LogP contribution is -2.27. The summed E-state index contributed by atoms with van der Waals surface area (Å²) >= 11 is 0. The maximum atomic E-state index is 10.5. The Balaban J connectivity index is 1.98. The van der Waals surface area contributed by atoms with Gasteiger partial charge in [-0.1, -0.05) is 23.8 Å². The number of hydrogen-bond acceptors (Lipinski definition) is 2. The van der Waals surface area contributed by atoms with Crippen molar-refractivity contribution < 1.29 is 9.90 Å². The number of hydrogen-bond donors (Lipinski definition) is 1. The second-order valence-corrected chi connectivity index (χ2v) is 3.67. The Bertz CT molecular complexity index is 281. The van der Waals surface area contributed by atoms with Gasteiger partial charge in [0, 0.05) is 13.1 Å². The van der Waals surface area contributed by atoms with Crippen LogP contribution in [0, 0.1) is 5.92 Å². The minimum Gasteiger partial charge on any atom is -0.480 e. The van der Waals surface area contributed by atoms with Crippen molar-refractivity contribution in [1.82, 2.24) is 4.90 Å². The van der Waals surface area contributed by atoms with Gasteiger partial charge in [-0.25, -0.2) is 0 Å². The first-order valence-electron chi connectivity index (χ1n) is 4.55. The van der Waals surface area contributed by atoms with E-state index in [1.165, 1.54) is 5.57 Å². The molecule has 13 heavy (non-hydrogen) atoms. The predicted molar refractivity (Wildman–Crippen MR) is 49.4 cm³/mol. The summed E-state index contributed by atoms with van der Waals surface area (Å²) in [4.78, 5) is 12.5. The van der Waals surface area contributed by atoms with Crippen molar-refractivity contribution in [3.05, 3.63) is 23.8 Å². The zero-order valence-electron chi connectivity index (χ0n) is 7.44. The van der Waals surface area contributed by atoms with Crippen LogP contribution in [0.5, 0.6) is 0 Å². The van der Waals surface area contributed by atoms with E-state index >= 15 is 0 Å². The Morgan fingerprint density at radius 1 is 1.69 bits per heavy atom. The van der Waals surface area contributed by atoms with E-state index in [9.17, 15) is 4.79 Å². The summed E-state index contributed by atoms with van der Waals surface area (Å²) in [5, 5.41) is 8.63. The number of carbonyl (C=O) groups is 1. The molecular formula is C10H13NO2. The van der Waals surface area contributed by atoms with Crippen LogP contribution in [0.25, 0.3) is 0 Å². The van der Waals surface area contributed by atoms with E-state index < -0.39 is 5.97 Å². The molecule has 3 nitrogen and oxygen atoms in total. The van der Waals surface area contributed by atoms with Crippen LogP contribution in [0.1, 0.15) is 6.42 Å². The van der Waals surface area contributed by atoms with Crippen LogP contribution in [0.15, 0.2) is 23.8 Å². The van der Waals surface area contributed by atoms with Gasteiger partial charge in [0.05, 0.1) is 6.54 Å². The largest absolute Gasteiger partial charge is 0.480 e. The van der Waals surface area contributed by atoms with Gasteiger partial charge in [-0.3, -0.25) is 9.69 Å². The maximum absolute atomic E-state index is 10.5. The number of aliphatic carboxylic acids is 1. The van der Waals surface area contributed by atoms with Crippen molar-refractivity contribution in [2.45, 2.75) is 6.42 Å². The molecule has 1 aliphatic carbocycles. The molecule has 2 rings (SSSR count). The molecule has 1 heterocycles. The molecule has 0 aromatic carbocycles. The summed E-state index contributed by atoms with van der Waals surface area (Å²) in [6.45, 7) is 1.91. The Labute approximate surface area is 77.3 Å². The smallest absolute Gasteiger partial charge is 0.317 e. The van der Waals surface area contributed by atoms with Crippen LogP contribution in [-0.2, 0) is 4.79 Å². The van der Waals surface area contributed by atoms with Gasteiger partial charge in [-0.15, -0.1) is 0 Å². The van der Waals surface area contributed by atoms with Crippen LogP contribution >= 0.6 is 0 Å². The lowest BCUT2D eigenvalue weighted by atomic mass is 9.95. The van der Waals surface area contributed by atoms with Crippen LogP contribution in [0.2, 0.25) is 0 Å². The molecule has 3 heteroatoms. The molecule has 2 aliphatic rings. The Morgan fingerprint density at radius 2 is 2.54 bits per heavy atom. The second kappa shape index (κ2) is 3.34. The molecule has 0 spiro atoms. The summed E-state index contributed by atoms with van der Waals surface area (Å²) in [5.74, 6) is -0.156. The first kappa shape index (κ1) is 8.51. The van der Waals surface area contributed by atoms with Crippen LogP contribution in [0.4, 0.5) is 0 Å². The fourth-order valence-electron chi connectivity index (χ4n) is 2.04. The average molecular weight is 179 g/mol. The zero-order valence-corrected chi connectivity index (χ0v) is 7.44. The van der Waals surface area contributed by atoms with Crippen molar-refractivity contribution >= 4 is 5.97 Å². The van der Waals surface area contributed by atoms with E-state index in [1.807, 2.05) is 4.90 Å². The van der Waals surface area contributed by atoms with Gasteiger partial charge in [0.2, 0.25) is 0 Å².